The minimum Gasteiger partial charge on any atom is -0.479 e. The normalized spacial score (nSPS) is 17.2. The smallest absolute Gasteiger partial charge is 0.334 e. The molecule has 1 aromatic carbocycles. The molecule has 1 aliphatic rings. The number of pyridine rings is 1. The van der Waals surface area contributed by atoms with Crippen LogP contribution in [0.15, 0.2) is 48.8 Å². The van der Waals surface area contributed by atoms with E-state index in [4.69, 9.17) is 9.84 Å². The molecule has 1 atom stereocenters. The van der Waals surface area contributed by atoms with Gasteiger partial charge in [0.2, 0.25) is 0 Å². The van der Waals surface area contributed by atoms with Gasteiger partial charge in [0.25, 0.3) is 5.91 Å². The number of aromatic nitrogens is 3. The number of carbonyl (C=O) groups is 2. The molecule has 0 bridgehead atoms. The largest absolute Gasteiger partial charge is 0.479 e. The van der Waals surface area contributed by atoms with E-state index in [1.165, 1.54) is 11.1 Å². The monoisotopic (exact) mass is 366 g/mol. The minimum absolute atomic E-state index is 0.0273. The lowest BCUT2D eigenvalue weighted by atomic mass is 10.2. The molecule has 8 nitrogen and oxygen atoms in total. The predicted octanol–water partition coefficient (Wildman–Crippen LogP) is 1.41. The van der Waals surface area contributed by atoms with Crippen molar-refractivity contribution in [1.82, 2.24) is 19.7 Å². The summed E-state index contributed by atoms with van der Waals surface area (Å²) in [5, 5.41) is 14.2. The standard InChI is InChI=1S/C19H18N4O4/c24-18(22-6-7-27-16(12-22)19(25)26)15-8-14-10-21-23(17(14)20-9-15)11-13-4-2-1-3-5-13/h1-5,8-10,16H,6-7,11-12H2,(H,25,26)/t16-/m1/s1. The first-order chi connectivity index (χ1) is 13.1. The van der Waals surface area contributed by atoms with Crippen molar-refractivity contribution in [1.29, 1.82) is 0 Å². The van der Waals surface area contributed by atoms with Crippen molar-refractivity contribution in [2.24, 2.45) is 0 Å². The third-order valence-electron chi connectivity index (χ3n) is 4.53. The van der Waals surface area contributed by atoms with Gasteiger partial charge in [0.15, 0.2) is 11.8 Å². The Hall–Kier alpha value is -3.26. The van der Waals surface area contributed by atoms with Gasteiger partial charge in [0.05, 0.1) is 31.5 Å². The summed E-state index contributed by atoms with van der Waals surface area (Å²) < 4.78 is 6.95. The lowest BCUT2D eigenvalue weighted by Gasteiger charge is -2.30. The van der Waals surface area contributed by atoms with Crippen molar-refractivity contribution in [3.63, 3.8) is 0 Å². The number of carbonyl (C=O) groups excluding carboxylic acids is 1. The van der Waals surface area contributed by atoms with Gasteiger partial charge in [-0.15, -0.1) is 0 Å². The average molecular weight is 366 g/mol. The number of hydrogen-bond donors (Lipinski definition) is 1. The summed E-state index contributed by atoms with van der Waals surface area (Å²) >= 11 is 0. The Kier molecular flexibility index (Phi) is 4.55. The van der Waals surface area contributed by atoms with Crippen LogP contribution in [-0.2, 0) is 16.1 Å². The highest BCUT2D eigenvalue weighted by molar-refractivity contribution is 5.97. The maximum atomic E-state index is 12.7. The van der Waals surface area contributed by atoms with Crippen LogP contribution in [0.4, 0.5) is 0 Å². The van der Waals surface area contributed by atoms with Crippen molar-refractivity contribution in [3.05, 3.63) is 59.9 Å². The second-order valence-corrected chi connectivity index (χ2v) is 6.37. The fraction of sp³-hybridized carbons (Fsp3) is 0.263. The fourth-order valence-electron chi connectivity index (χ4n) is 3.13. The van der Waals surface area contributed by atoms with Gasteiger partial charge in [0, 0.05) is 18.1 Å². The lowest BCUT2D eigenvalue weighted by Crippen LogP contribution is -2.48. The van der Waals surface area contributed by atoms with Gasteiger partial charge < -0.3 is 14.7 Å². The molecule has 0 aliphatic carbocycles. The fourth-order valence-corrected chi connectivity index (χ4v) is 3.13. The van der Waals surface area contributed by atoms with Gasteiger partial charge in [-0.05, 0) is 11.6 Å². The van der Waals surface area contributed by atoms with Crippen LogP contribution in [-0.4, -0.2) is 62.4 Å². The molecule has 27 heavy (non-hydrogen) atoms. The van der Waals surface area contributed by atoms with E-state index in [9.17, 15) is 9.59 Å². The average Bonchev–Trinajstić information content (AvgIpc) is 3.10. The third-order valence-corrected chi connectivity index (χ3v) is 4.53. The quantitative estimate of drug-likeness (QED) is 0.750. The topological polar surface area (TPSA) is 97.5 Å². The summed E-state index contributed by atoms with van der Waals surface area (Å²) in [5.74, 6) is -1.32. The zero-order valence-electron chi connectivity index (χ0n) is 14.5. The molecule has 1 N–H and O–H groups in total. The first-order valence-corrected chi connectivity index (χ1v) is 8.61. The number of rotatable bonds is 4. The molecule has 3 heterocycles. The van der Waals surface area contributed by atoms with E-state index in [1.807, 2.05) is 30.3 Å². The SMILES string of the molecule is O=C(O)[C@H]1CN(C(=O)c2cnc3c(cnn3Cc3ccccc3)c2)CCO1. The molecule has 0 radical (unpaired) electrons. The van der Waals surface area contributed by atoms with E-state index in [0.29, 0.717) is 24.3 Å². The van der Waals surface area contributed by atoms with E-state index < -0.39 is 12.1 Å². The Morgan fingerprint density at radius 1 is 1.22 bits per heavy atom. The van der Waals surface area contributed by atoms with Crippen LogP contribution in [0.2, 0.25) is 0 Å². The Labute approximate surface area is 155 Å². The molecule has 0 spiro atoms. The van der Waals surface area contributed by atoms with Gasteiger partial charge in [-0.1, -0.05) is 30.3 Å². The van der Waals surface area contributed by atoms with E-state index in [2.05, 4.69) is 10.1 Å². The molecule has 8 heteroatoms. The Bertz CT molecular complexity index is 986. The highest BCUT2D eigenvalue weighted by atomic mass is 16.5. The first-order valence-electron chi connectivity index (χ1n) is 8.61. The maximum Gasteiger partial charge on any atom is 0.334 e. The Morgan fingerprint density at radius 3 is 2.81 bits per heavy atom. The number of ether oxygens (including phenoxy) is 1. The van der Waals surface area contributed by atoms with Crippen LogP contribution >= 0.6 is 0 Å². The molecule has 4 rings (SSSR count). The van der Waals surface area contributed by atoms with Crippen LogP contribution < -0.4 is 0 Å². The van der Waals surface area contributed by atoms with E-state index in [0.717, 1.165) is 10.9 Å². The zero-order valence-corrected chi connectivity index (χ0v) is 14.5. The van der Waals surface area contributed by atoms with Crippen LogP contribution in [0.3, 0.4) is 0 Å². The number of nitrogens with zero attached hydrogens (tertiary/aromatic N) is 4. The summed E-state index contributed by atoms with van der Waals surface area (Å²) in [6.45, 7) is 1.18. The lowest BCUT2D eigenvalue weighted by molar-refractivity contribution is -0.154. The van der Waals surface area contributed by atoms with Gasteiger partial charge in [-0.25, -0.2) is 14.5 Å². The summed E-state index contributed by atoms with van der Waals surface area (Å²) in [6.07, 6.45) is 2.20. The number of amides is 1. The maximum absolute atomic E-state index is 12.7. The number of aliphatic carboxylic acids is 1. The Balaban J connectivity index is 1.55. The van der Waals surface area contributed by atoms with E-state index >= 15 is 0 Å². The van der Waals surface area contributed by atoms with Crippen molar-refractivity contribution < 1.29 is 19.4 Å². The molecule has 1 amide bonds. The third kappa shape index (κ3) is 3.52. The molecule has 138 valence electrons. The van der Waals surface area contributed by atoms with Gasteiger partial charge in [0.1, 0.15) is 0 Å². The summed E-state index contributed by atoms with van der Waals surface area (Å²) in [4.78, 5) is 29.7. The molecular weight excluding hydrogens is 348 g/mol. The molecule has 0 unspecified atom stereocenters. The van der Waals surface area contributed by atoms with Crippen molar-refractivity contribution >= 4 is 22.9 Å². The highest BCUT2D eigenvalue weighted by Crippen LogP contribution is 2.17. The zero-order chi connectivity index (χ0) is 18.8. The van der Waals surface area contributed by atoms with Gasteiger partial charge in [-0.2, -0.15) is 5.10 Å². The molecule has 1 saturated heterocycles. The van der Waals surface area contributed by atoms with Crippen molar-refractivity contribution in [3.8, 4) is 0 Å². The number of hydrogen-bond acceptors (Lipinski definition) is 5. The predicted molar refractivity (Wildman–Crippen MR) is 96.4 cm³/mol. The molecule has 2 aromatic heterocycles. The highest BCUT2D eigenvalue weighted by Gasteiger charge is 2.29. The van der Waals surface area contributed by atoms with E-state index in [1.54, 1.807) is 16.9 Å². The van der Waals surface area contributed by atoms with Gasteiger partial charge in [-0.3, -0.25) is 4.79 Å². The summed E-state index contributed by atoms with van der Waals surface area (Å²) in [7, 11) is 0. The number of benzene rings is 1. The second-order valence-electron chi connectivity index (χ2n) is 6.37. The van der Waals surface area contributed by atoms with Crippen LogP contribution in [0.5, 0.6) is 0 Å². The van der Waals surface area contributed by atoms with Gasteiger partial charge >= 0.3 is 5.97 Å². The second kappa shape index (κ2) is 7.16. The van der Waals surface area contributed by atoms with Crippen molar-refractivity contribution in [2.45, 2.75) is 12.6 Å². The summed E-state index contributed by atoms with van der Waals surface area (Å²) in [6, 6.07) is 11.7. The Morgan fingerprint density at radius 2 is 2.04 bits per heavy atom. The number of morpholine rings is 1. The molecule has 1 fully saturated rings. The first kappa shape index (κ1) is 17.2. The number of carboxylic acid groups (broad SMARTS) is 1. The number of fused-ring (bicyclic) bond motifs is 1. The van der Waals surface area contributed by atoms with Crippen LogP contribution in [0.25, 0.3) is 11.0 Å². The molecular formula is C19H18N4O4. The minimum atomic E-state index is -1.07. The van der Waals surface area contributed by atoms with Crippen LogP contribution in [0, 0.1) is 0 Å². The molecule has 1 aliphatic heterocycles. The van der Waals surface area contributed by atoms with Crippen molar-refractivity contribution in [2.75, 3.05) is 19.7 Å². The summed E-state index contributed by atoms with van der Waals surface area (Å²) in [5.41, 5.74) is 2.21. The molecule has 3 aromatic rings. The van der Waals surface area contributed by atoms with Crippen LogP contribution in [0.1, 0.15) is 15.9 Å². The number of carboxylic acids is 1. The molecule has 0 saturated carbocycles. The van der Waals surface area contributed by atoms with E-state index in [-0.39, 0.29) is 19.1 Å².